The molecule has 3 aromatic carbocycles. The number of carbonyl (C=O) groups is 2. The highest BCUT2D eigenvalue weighted by Gasteiger charge is 2.29. The molecule has 0 radical (unpaired) electrons. The van der Waals surface area contributed by atoms with Gasteiger partial charge in [-0.25, -0.2) is 0 Å². The summed E-state index contributed by atoms with van der Waals surface area (Å²) in [5, 5.41) is 10.6. The van der Waals surface area contributed by atoms with Gasteiger partial charge in [0.2, 0.25) is 0 Å². The molecule has 0 bridgehead atoms. The van der Waals surface area contributed by atoms with Gasteiger partial charge in [0.1, 0.15) is 5.75 Å². The number of rotatable bonds is 8. The van der Waals surface area contributed by atoms with Gasteiger partial charge in [0.15, 0.2) is 11.6 Å². The number of aromatic hydroxyl groups is 1. The molecule has 3 nitrogen and oxygen atoms in total. The third-order valence-corrected chi connectivity index (χ3v) is 5.52. The van der Waals surface area contributed by atoms with Crippen molar-refractivity contribution < 1.29 is 14.7 Å². The smallest absolute Gasteiger partial charge is 0.167 e. The van der Waals surface area contributed by atoms with Crippen LogP contribution in [0.3, 0.4) is 0 Å². The Bertz CT molecular complexity index is 1040. The zero-order valence-electron chi connectivity index (χ0n) is 18.5. The fourth-order valence-electron chi connectivity index (χ4n) is 3.84. The minimum atomic E-state index is -0.333. The van der Waals surface area contributed by atoms with Gasteiger partial charge in [0.25, 0.3) is 0 Å². The highest BCUT2D eigenvalue weighted by Crippen LogP contribution is 2.34. The summed E-state index contributed by atoms with van der Waals surface area (Å²) < 4.78 is 0. The molecule has 160 valence electrons. The Hall–Kier alpha value is -3.20. The predicted molar refractivity (Wildman–Crippen MR) is 125 cm³/mol. The van der Waals surface area contributed by atoms with Crippen molar-refractivity contribution in [2.75, 3.05) is 0 Å². The maximum absolute atomic E-state index is 13.4. The lowest BCUT2D eigenvalue weighted by Crippen LogP contribution is -2.21. The molecule has 0 amide bonds. The molecule has 0 aliphatic rings. The van der Waals surface area contributed by atoms with Crippen LogP contribution >= 0.6 is 0 Å². The van der Waals surface area contributed by atoms with Gasteiger partial charge in [-0.2, -0.15) is 0 Å². The van der Waals surface area contributed by atoms with Gasteiger partial charge in [-0.05, 0) is 41.0 Å². The van der Waals surface area contributed by atoms with Crippen molar-refractivity contribution in [3.63, 3.8) is 0 Å². The molecule has 0 aliphatic heterocycles. The summed E-state index contributed by atoms with van der Waals surface area (Å²) in [5.74, 6) is -0.419. The first-order valence-corrected chi connectivity index (χ1v) is 10.8. The van der Waals surface area contributed by atoms with Gasteiger partial charge in [-0.3, -0.25) is 9.59 Å². The zero-order chi connectivity index (χ0) is 22.4. The van der Waals surface area contributed by atoms with E-state index in [1.54, 1.807) is 12.1 Å². The highest BCUT2D eigenvalue weighted by molar-refractivity contribution is 6.11. The summed E-state index contributed by atoms with van der Waals surface area (Å²) in [5.41, 5.74) is 3.14. The fourth-order valence-corrected chi connectivity index (χ4v) is 3.84. The number of ketones is 2. The molecule has 0 unspecified atom stereocenters. The standard InChI is InChI=1S/C28H30O3/c1-28(2,3)22-16-19-25(31)27(24(30)18-15-21-12-8-5-9-13-21)26(22)23(29)17-14-20-10-6-4-7-11-20/h4-13,16,19,31H,14-15,17-18H2,1-3H3. The Morgan fingerprint density at radius 3 is 1.58 bits per heavy atom. The second-order valence-electron chi connectivity index (χ2n) is 8.95. The third kappa shape index (κ3) is 5.69. The van der Waals surface area contributed by atoms with Crippen molar-refractivity contribution in [3.8, 4) is 5.75 Å². The molecular weight excluding hydrogens is 384 g/mol. The van der Waals surface area contributed by atoms with Crippen molar-refractivity contribution in [2.24, 2.45) is 0 Å². The van der Waals surface area contributed by atoms with E-state index in [4.69, 9.17) is 0 Å². The van der Waals surface area contributed by atoms with Crippen molar-refractivity contribution in [1.82, 2.24) is 0 Å². The molecule has 0 aromatic heterocycles. The molecule has 0 heterocycles. The Labute approximate surface area is 184 Å². The number of Topliss-reactive ketones (excluding diaryl/α,β-unsaturated/α-hetero) is 2. The molecule has 0 atom stereocenters. The summed E-state index contributed by atoms with van der Waals surface area (Å²) >= 11 is 0. The van der Waals surface area contributed by atoms with Crippen LogP contribution in [0.4, 0.5) is 0 Å². The molecular formula is C28H30O3. The number of aryl methyl sites for hydroxylation is 2. The van der Waals surface area contributed by atoms with Gasteiger partial charge in [-0.15, -0.1) is 0 Å². The molecule has 0 aliphatic carbocycles. The molecule has 0 saturated carbocycles. The predicted octanol–water partition coefficient (Wildman–Crippen LogP) is 6.32. The maximum Gasteiger partial charge on any atom is 0.167 e. The van der Waals surface area contributed by atoms with E-state index in [0.717, 1.165) is 16.7 Å². The van der Waals surface area contributed by atoms with Crippen LogP contribution in [0.1, 0.15) is 71.0 Å². The van der Waals surface area contributed by atoms with E-state index in [-0.39, 0.29) is 41.1 Å². The van der Waals surface area contributed by atoms with Gasteiger partial charge in [0, 0.05) is 18.4 Å². The number of carbonyl (C=O) groups excluding carboxylic acids is 2. The number of hydrogen-bond acceptors (Lipinski definition) is 3. The van der Waals surface area contributed by atoms with E-state index >= 15 is 0 Å². The molecule has 0 saturated heterocycles. The van der Waals surface area contributed by atoms with E-state index in [1.807, 2.05) is 81.4 Å². The van der Waals surface area contributed by atoms with Crippen LogP contribution in [-0.2, 0) is 18.3 Å². The first-order chi connectivity index (χ1) is 14.8. The van der Waals surface area contributed by atoms with Crippen LogP contribution in [0, 0.1) is 0 Å². The van der Waals surface area contributed by atoms with Crippen LogP contribution in [0.2, 0.25) is 0 Å². The fraction of sp³-hybridized carbons (Fsp3) is 0.286. The molecule has 0 spiro atoms. The molecule has 3 aromatic rings. The van der Waals surface area contributed by atoms with Crippen molar-refractivity contribution in [1.29, 1.82) is 0 Å². The second kappa shape index (κ2) is 9.74. The van der Waals surface area contributed by atoms with Crippen LogP contribution in [0.25, 0.3) is 0 Å². The Balaban J connectivity index is 1.93. The maximum atomic E-state index is 13.4. The van der Waals surface area contributed by atoms with Crippen molar-refractivity contribution >= 4 is 11.6 Å². The minimum absolute atomic E-state index is 0.104. The number of benzene rings is 3. The largest absolute Gasteiger partial charge is 0.507 e. The molecule has 0 fully saturated rings. The quantitative estimate of drug-likeness (QED) is 0.439. The lowest BCUT2D eigenvalue weighted by Gasteiger charge is -2.25. The second-order valence-corrected chi connectivity index (χ2v) is 8.95. The Kier molecular flexibility index (Phi) is 7.06. The van der Waals surface area contributed by atoms with Crippen molar-refractivity contribution in [3.05, 3.63) is 101 Å². The average Bonchev–Trinajstić information content (AvgIpc) is 2.76. The highest BCUT2D eigenvalue weighted by atomic mass is 16.3. The van der Waals surface area contributed by atoms with Gasteiger partial charge in [0.05, 0.1) is 5.56 Å². The SMILES string of the molecule is CC(C)(C)c1ccc(O)c(C(=O)CCc2ccccc2)c1C(=O)CCc1ccccc1. The van der Waals surface area contributed by atoms with E-state index in [9.17, 15) is 14.7 Å². The Morgan fingerprint density at radius 1 is 0.677 bits per heavy atom. The number of hydrogen-bond donors (Lipinski definition) is 1. The third-order valence-electron chi connectivity index (χ3n) is 5.52. The minimum Gasteiger partial charge on any atom is -0.507 e. The first-order valence-electron chi connectivity index (χ1n) is 10.8. The van der Waals surface area contributed by atoms with Crippen LogP contribution in [0.5, 0.6) is 5.75 Å². The molecule has 3 rings (SSSR count). The van der Waals surface area contributed by atoms with Crippen LogP contribution in [-0.4, -0.2) is 16.7 Å². The van der Waals surface area contributed by atoms with Gasteiger partial charge >= 0.3 is 0 Å². The van der Waals surface area contributed by atoms with Gasteiger partial charge < -0.3 is 5.11 Å². The molecule has 1 N–H and O–H groups in total. The summed E-state index contributed by atoms with van der Waals surface area (Å²) in [6, 6.07) is 22.9. The van der Waals surface area contributed by atoms with E-state index < -0.39 is 0 Å². The summed E-state index contributed by atoms with van der Waals surface area (Å²) in [6.45, 7) is 6.06. The van der Waals surface area contributed by atoms with Crippen LogP contribution < -0.4 is 0 Å². The number of phenolic OH excluding ortho intramolecular Hbond substituents is 1. The molecule has 3 heteroatoms. The summed E-state index contributed by atoms with van der Waals surface area (Å²) in [6.07, 6.45) is 1.69. The van der Waals surface area contributed by atoms with Crippen LogP contribution in [0.15, 0.2) is 72.8 Å². The normalized spacial score (nSPS) is 11.3. The summed E-state index contributed by atoms with van der Waals surface area (Å²) in [4.78, 5) is 26.6. The van der Waals surface area contributed by atoms with E-state index in [2.05, 4.69) is 0 Å². The zero-order valence-corrected chi connectivity index (χ0v) is 18.5. The lowest BCUT2D eigenvalue weighted by molar-refractivity contribution is 0.0945. The topological polar surface area (TPSA) is 54.4 Å². The lowest BCUT2D eigenvalue weighted by atomic mass is 9.79. The van der Waals surface area contributed by atoms with E-state index in [1.165, 1.54) is 0 Å². The number of phenols is 1. The monoisotopic (exact) mass is 414 g/mol. The summed E-state index contributed by atoms with van der Waals surface area (Å²) in [7, 11) is 0. The van der Waals surface area contributed by atoms with E-state index in [0.29, 0.717) is 18.4 Å². The Morgan fingerprint density at radius 2 is 1.13 bits per heavy atom. The first kappa shape index (κ1) is 22.5. The van der Waals surface area contributed by atoms with Crippen molar-refractivity contribution in [2.45, 2.75) is 51.9 Å². The molecule has 31 heavy (non-hydrogen) atoms. The van der Waals surface area contributed by atoms with Gasteiger partial charge in [-0.1, -0.05) is 87.5 Å². The average molecular weight is 415 g/mol.